The molecule has 0 unspecified atom stereocenters. The van der Waals surface area contributed by atoms with Gasteiger partial charge in [0.15, 0.2) is 11.6 Å². The van der Waals surface area contributed by atoms with Crippen LogP contribution in [0.1, 0.15) is 36.3 Å². The topological polar surface area (TPSA) is 109 Å². The number of halogens is 3. The monoisotopic (exact) mass is 498 g/mol. The fourth-order valence-corrected chi connectivity index (χ4v) is 4.63. The van der Waals surface area contributed by atoms with Crippen molar-refractivity contribution in [1.29, 1.82) is 0 Å². The van der Waals surface area contributed by atoms with Crippen molar-refractivity contribution >= 4 is 23.4 Å². The van der Waals surface area contributed by atoms with Crippen molar-refractivity contribution in [3.8, 4) is 11.6 Å². The molecule has 0 bridgehead atoms. The van der Waals surface area contributed by atoms with Gasteiger partial charge >= 0.3 is 6.18 Å². The Hall–Kier alpha value is -4.03. The van der Waals surface area contributed by atoms with Crippen LogP contribution >= 0.6 is 0 Å². The quantitative estimate of drug-likeness (QED) is 0.566. The second-order valence-electron chi connectivity index (χ2n) is 9.02. The number of hydrogen-bond acceptors (Lipinski definition) is 9. The third-order valence-corrected chi connectivity index (χ3v) is 6.68. The summed E-state index contributed by atoms with van der Waals surface area (Å²) in [5, 5.41) is 3.23. The van der Waals surface area contributed by atoms with Crippen LogP contribution in [0, 0.1) is 0 Å². The molecule has 2 aliphatic heterocycles. The SMILES string of the molecule is CN1c2nc(NCc3ccc(Oc4cnc(C(F)(F)F)nc4)nc3)nc3c2N(CCC3)C(=O)C12CC2. The summed E-state index contributed by atoms with van der Waals surface area (Å²) >= 11 is 0. The number of aryl methyl sites for hydroxylation is 1. The highest BCUT2D eigenvalue weighted by atomic mass is 19.4. The number of aromatic nitrogens is 5. The van der Waals surface area contributed by atoms with Crippen molar-refractivity contribution in [3.63, 3.8) is 0 Å². The molecule has 10 nitrogen and oxygen atoms in total. The zero-order chi connectivity index (χ0) is 25.1. The summed E-state index contributed by atoms with van der Waals surface area (Å²) in [7, 11) is 1.92. The van der Waals surface area contributed by atoms with Crippen molar-refractivity contribution in [3.05, 3.63) is 47.8 Å². The van der Waals surface area contributed by atoms with Crippen molar-refractivity contribution < 1.29 is 22.7 Å². The summed E-state index contributed by atoms with van der Waals surface area (Å²) in [5.74, 6) is 0.407. The summed E-state index contributed by atoms with van der Waals surface area (Å²) in [6.45, 7) is 1.09. The maximum atomic E-state index is 13.0. The highest BCUT2D eigenvalue weighted by Gasteiger charge is 2.59. The molecule has 1 saturated carbocycles. The van der Waals surface area contributed by atoms with Crippen LogP contribution in [0.4, 0.5) is 30.6 Å². The van der Waals surface area contributed by atoms with Crippen LogP contribution in [0.3, 0.4) is 0 Å². The van der Waals surface area contributed by atoms with Crippen molar-refractivity contribution in [2.75, 3.05) is 28.7 Å². The number of pyridine rings is 1. The number of alkyl halides is 3. The number of nitrogens with one attached hydrogen (secondary N) is 1. The van der Waals surface area contributed by atoms with E-state index in [9.17, 15) is 18.0 Å². The summed E-state index contributed by atoms with van der Waals surface area (Å²) < 4.78 is 43.2. The maximum absolute atomic E-state index is 13.0. The Morgan fingerprint density at radius 2 is 1.89 bits per heavy atom. The molecule has 0 radical (unpaired) electrons. The molecule has 1 spiro atoms. The summed E-state index contributed by atoms with van der Waals surface area (Å²) in [5.41, 5.74) is 2.05. The highest BCUT2D eigenvalue weighted by Crippen LogP contribution is 2.52. The Morgan fingerprint density at radius 1 is 1.11 bits per heavy atom. The second-order valence-corrected chi connectivity index (χ2v) is 9.02. The Morgan fingerprint density at radius 3 is 2.56 bits per heavy atom. The lowest BCUT2D eigenvalue weighted by molar-refractivity contribution is -0.145. The summed E-state index contributed by atoms with van der Waals surface area (Å²) in [6.07, 6.45) is 2.18. The predicted octanol–water partition coefficient (Wildman–Crippen LogP) is 3.35. The van der Waals surface area contributed by atoms with Crippen LogP contribution < -0.4 is 19.9 Å². The van der Waals surface area contributed by atoms with Gasteiger partial charge in [0.1, 0.15) is 11.2 Å². The molecule has 3 aliphatic rings. The van der Waals surface area contributed by atoms with Crippen LogP contribution in [0.2, 0.25) is 0 Å². The van der Waals surface area contributed by atoms with Gasteiger partial charge in [0.25, 0.3) is 5.91 Å². The molecule has 0 aromatic carbocycles. The second kappa shape index (κ2) is 8.00. The molecule has 13 heteroatoms. The first-order valence-electron chi connectivity index (χ1n) is 11.5. The zero-order valence-electron chi connectivity index (χ0n) is 19.2. The van der Waals surface area contributed by atoms with E-state index >= 15 is 0 Å². The number of anilines is 3. The molecular weight excluding hydrogens is 477 g/mol. The standard InChI is InChI=1S/C23H21F3N8O2/c1-33-18-17-15(3-2-8-34(17)20(35)22(33)6-7-22)31-21(32-18)30-10-13-4-5-16(27-9-13)36-14-11-28-19(29-12-14)23(24,25)26/h4-5,9,11-12H,2-3,6-8,10H2,1H3,(H,30,31,32). The Balaban J connectivity index is 1.15. The molecule has 1 N–H and O–H groups in total. The third-order valence-electron chi connectivity index (χ3n) is 6.68. The van der Waals surface area contributed by atoms with E-state index in [1.54, 1.807) is 18.3 Å². The van der Waals surface area contributed by atoms with Gasteiger partial charge in [-0.15, -0.1) is 0 Å². The van der Waals surface area contributed by atoms with Crippen LogP contribution in [0.15, 0.2) is 30.7 Å². The fraction of sp³-hybridized carbons (Fsp3) is 0.391. The zero-order valence-corrected chi connectivity index (χ0v) is 19.2. The van der Waals surface area contributed by atoms with E-state index in [-0.39, 0.29) is 17.5 Å². The average Bonchev–Trinajstić information content (AvgIpc) is 3.67. The Labute approximate surface area is 203 Å². The van der Waals surface area contributed by atoms with Crippen molar-refractivity contribution in [2.24, 2.45) is 0 Å². The summed E-state index contributed by atoms with van der Waals surface area (Å²) in [6, 6.07) is 3.37. The van der Waals surface area contributed by atoms with Gasteiger partial charge in [0, 0.05) is 32.4 Å². The first-order valence-corrected chi connectivity index (χ1v) is 11.5. The minimum Gasteiger partial charge on any atom is -0.436 e. The third kappa shape index (κ3) is 3.74. The van der Waals surface area contributed by atoms with E-state index in [1.165, 1.54) is 0 Å². The number of hydrogen-bond donors (Lipinski definition) is 1. The number of rotatable bonds is 5. The maximum Gasteiger partial charge on any atom is 0.451 e. The lowest BCUT2D eigenvalue weighted by Crippen LogP contribution is -2.56. The van der Waals surface area contributed by atoms with Gasteiger partial charge in [0.05, 0.1) is 18.1 Å². The molecular formula is C23H21F3N8O2. The van der Waals surface area contributed by atoms with Gasteiger partial charge in [-0.25, -0.2) is 19.9 Å². The molecule has 1 amide bonds. The van der Waals surface area contributed by atoms with Gasteiger partial charge in [-0.3, -0.25) is 4.79 Å². The normalized spacial score (nSPS) is 17.7. The molecule has 0 saturated heterocycles. The number of carbonyl (C=O) groups is 1. The van der Waals surface area contributed by atoms with E-state index in [4.69, 9.17) is 9.72 Å². The van der Waals surface area contributed by atoms with E-state index in [0.29, 0.717) is 19.0 Å². The minimum atomic E-state index is -4.61. The van der Waals surface area contributed by atoms with E-state index in [1.807, 2.05) is 16.8 Å². The van der Waals surface area contributed by atoms with Crippen LogP contribution in [-0.4, -0.2) is 50.0 Å². The van der Waals surface area contributed by atoms with Gasteiger partial charge in [-0.05, 0) is 31.2 Å². The van der Waals surface area contributed by atoms with E-state index in [0.717, 1.165) is 60.8 Å². The number of ether oxygens (including phenoxy) is 1. The molecule has 1 fully saturated rings. The van der Waals surface area contributed by atoms with Crippen LogP contribution in [-0.2, 0) is 23.9 Å². The molecule has 3 aromatic heterocycles. The first-order chi connectivity index (χ1) is 17.2. The molecule has 3 aromatic rings. The minimum absolute atomic E-state index is 0.0443. The number of nitrogens with zero attached hydrogens (tertiary/aromatic N) is 7. The van der Waals surface area contributed by atoms with Gasteiger partial charge in [-0.2, -0.15) is 18.2 Å². The molecule has 1 aliphatic carbocycles. The van der Waals surface area contributed by atoms with E-state index < -0.39 is 17.5 Å². The number of amides is 1. The lowest BCUT2D eigenvalue weighted by Gasteiger charge is -2.43. The Kier molecular flexibility index (Phi) is 4.99. The summed E-state index contributed by atoms with van der Waals surface area (Å²) in [4.78, 5) is 37.0. The molecule has 5 heterocycles. The predicted molar refractivity (Wildman–Crippen MR) is 122 cm³/mol. The lowest BCUT2D eigenvalue weighted by atomic mass is 10.0. The van der Waals surface area contributed by atoms with Crippen LogP contribution in [0.25, 0.3) is 0 Å². The first kappa shape index (κ1) is 22.4. The number of likely N-dealkylation sites (N-methyl/N-ethyl adjacent to an activating group) is 1. The van der Waals surface area contributed by atoms with Crippen molar-refractivity contribution in [1.82, 2.24) is 24.9 Å². The Bertz CT molecular complexity index is 1330. The number of carbonyl (C=O) groups excluding carboxylic acids is 1. The van der Waals surface area contributed by atoms with Crippen LogP contribution in [0.5, 0.6) is 11.6 Å². The molecule has 36 heavy (non-hydrogen) atoms. The molecule has 0 atom stereocenters. The average molecular weight is 498 g/mol. The van der Waals surface area contributed by atoms with Gasteiger partial charge < -0.3 is 19.9 Å². The molecule has 6 rings (SSSR count). The van der Waals surface area contributed by atoms with E-state index in [2.05, 4.69) is 25.3 Å². The van der Waals surface area contributed by atoms with Crippen molar-refractivity contribution in [2.45, 2.75) is 43.9 Å². The highest BCUT2D eigenvalue weighted by molar-refractivity contribution is 6.10. The molecule has 186 valence electrons. The van der Waals surface area contributed by atoms with Gasteiger partial charge in [0.2, 0.25) is 17.7 Å². The smallest absolute Gasteiger partial charge is 0.436 e. The van der Waals surface area contributed by atoms with Gasteiger partial charge in [-0.1, -0.05) is 6.07 Å². The largest absolute Gasteiger partial charge is 0.451 e. The fourth-order valence-electron chi connectivity index (χ4n) is 4.63.